The zero-order chi connectivity index (χ0) is 16.1. The number of benzene rings is 1. The van der Waals surface area contributed by atoms with Crippen molar-refractivity contribution < 1.29 is 19.4 Å². The molecule has 1 heterocycles. The van der Waals surface area contributed by atoms with Crippen LogP contribution >= 0.6 is 0 Å². The maximum atomic E-state index is 11.1. The Morgan fingerprint density at radius 3 is 2.45 bits per heavy atom. The molecule has 0 saturated carbocycles. The summed E-state index contributed by atoms with van der Waals surface area (Å²) in [6, 6.07) is 4.82. The van der Waals surface area contributed by atoms with Crippen molar-refractivity contribution >= 4 is 5.97 Å². The molecule has 6 nitrogen and oxygen atoms in total. The average molecular weight is 308 g/mol. The largest absolute Gasteiger partial charge is 0.493 e. The molecule has 22 heavy (non-hydrogen) atoms. The highest BCUT2D eigenvalue weighted by atomic mass is 16.5. The first-order valence-corrected chi connectivity index (χ1v) is 7.51. The van der Waals surface area contributed by atoms with Crippen LogP contribution in [0.1, 0.15) is 30.9 Å². The number of carboxylic acid groups (broad SMARTS) is 1. The Balaban J connectivity index is 2.29. The van der Waals surface area contributed by atoms with E-state index in [1.54, 1.807) is 14.2 Å². The molecular weight excluding hydrogens is 284 g/mol. The van der Waals surface area contributed by atoms with Gasteiger partial charge in [0.1, 0.15) is 6.04 Å². The van der Waals surface area contributed by atoms with Crippen molar-refractivity contribution in [2.45, 2.75) is 31.3 Å². The summed E-state index contributed by atoms with van der Waals surface area (Å²) in [6.45, 7) is 1.93. The quantitative estimate of drug-likeness (QED) is 0.796. The number of carbonyl (C=O) groups is 1. The second-order valence-corrected chi connectivity index (χ2v) is 5.55. The fourth-order valence-corrected chi connectivity index (χ4v) is 2.95. The Morgan fingerprint density at radius 2 is 1.91 bits per heavy atom. The van der Waals surface area contributed by atoms with Gasteiger partial charge in [0.15, 0.2) is 11.5 Å². The molecule has 0 spiro atoms. The normalized spacial score (nSPS) is 18.0. The molecule has 0 bridgehead atoms. The Kier molecular flexibility index (Phi) is 5.63. The van der Waals surface area contributed by atoms with E-state index in [-0.39, 0.29) is 6.04 Å². The number of carboxylic acids is 1. The molecular formula is C16H24N2O4. The molecule has 1 saturated heterocycles. The molecule has 1 aromatic rings. The third-order valence-electron chi connectivity index (χ3n) is 4.17. The lowest BCUT2D eigenvalue weighted by atomic mass is 9.97. The van der Waals surface area contributed by atoms with Gasteiger partial charge in [0.05, 0.1) is 14.2 Å². The van der Waals surface area contributed by atoms with Gasteiger partial charge < -0.3 is 20.3 Å². The molecule has 1 aromatic carbocycles. The minimum absolute atomic E-state index is 0.0200. The number of hydrogen-bond donors (Lipinski definition) is 2. The van der Waals surface area contributed by atoms with Gasteiger partial charge in [-0.05, 0) is 50.0 Å². The van der Waals surface area contributed by atoms with Crippen LogP contribution in [-0.2, 0) is 4.79 Å². The van der Waals surface area contributed by atoms with E-state index in [0.717, 1.165) is 31.5 Å². The molecule has 2 atom stereocenters. The van der Waals surface area contributed by atoms with E-state index < -0.39 is 12.0 Å². The SMILES string of the molecule is COc1ccc([C@H](C[C@H](N)C(=O)O)N2CCCC2)cc1OC. The van der Waals surface area contributed by atoms with Crippen LogP contribution in [0, 0.1) is 0 Å². The maximum Gasteiger partial charge on any atom is 0.320 e. The van der Waals surface area contributed by atoms with Crippen molar-refractivity contribution in [1.29, 1.82) is 0 Å². The maximum absolute atomic E-state index is 11.1. The molecule has 1 aliphatic rings. The van der Waals surface area contributed by atoms with Crippen LogP contribution in [0.15, 0.2) is 18.2 Å². The molecule has 1 fully saturated rings. The van der Waals surface area contributed by atoms with Crippen LogP contribution in [0.5, 0.6) is 11.5 Å². The lowest BCUT2D eigenvalue weighted by molar-refractivity contribution is -0.139. The Morgan fingerprint density at radius 1 is 1.27 bits per heavy atom. The van der Waals surface area contributed by atoms with Crippen molar-refractivity contribution in [3.05, 3.63) is 23.8 Å². The fourth-order valence-electron chi connectivity index (χ4n) is 2.95. The van der Waals surface area contributed by atoms with Gasteiger partial charge in [-0.3, -0.25) is 9.69 Å². The highest BCUT2D eigenvalue weighted by Gasteiger charge is 2.28. The molecule has 0 aliphatic carbocycles. The standard InChI is InChI=1S/C16H24N2O4/c1-21-14-6-5-11(9-15(14)22-2)13(10-12(17)16(19)20)18-7-3-4-8-18/h5-6,9,12-13H,3-4,7-8,10,17H2,1-2H3,(H,19,20)/t12-,13-/m0/s1. The number of methoxy groups -OCH3 is 2. The van der Waals surface area contributed by atoms with Crippen molar-refractivity contribution in [2.24, 2.45) is 5.73 Å². The Labute approximate surface area is 130 Å². The molecule has 3 N–H and O–H groups in total. The highest BCUT2D eigenvalue weighted by molar-refractivity contribution is 5.73. The first-order valence-electron chi connectivity index (χ1n) is 7.51. The highest BCUT2D eigenvalue weighted by Crippen LogP contribution is 2.35. The zero-order valence-electron chi connectivity index (χ0n) is 13.1. The van der Waals surface area contributed by atoms with Gasteiger partial charge in [-0.25, -0.2) is 0 Å². The van der Waals surface area contributed by atoms with E-state index in [1.807, 2.05) is 18.2 Å². The van der Waals surface area contributed by atoms with Crippen molar-refractivity contribution in [2.75, 3.05) is 27.3 Å². The zero-order valence-corrected chi connectivity index (χ0v) is 13.1. The van der Waals surface area contributed by atoms with Crippen LogP contribution in [0.2, 0.25) is 0 Å². The fraction of sp³-hybridized carbons (Fsp3) is 0.562. The van der Waals surface area contributed by atoms with Gasteiger partial charge >= 0.3 is 5.97 Å². The van der Waals surface area contributed by atoms with Crippen molar-refractivity contribution in [3.63, 3.8) is 0 Å². The van der Waals surface area contributed by atoms with Gasteiger partial charge in [0, 0.05) is 6.04 Å². The lowest BCUT2D eigenvalue weighted by Gasteiger charge is -2.29. The molecule has 0 unspecified atom stereocenters. The minimum atomic E-state index is -0.968. The number of nitrogens with two attached hydrogens (primary N) is 1. The molecule has 2 rings (SSSR count). The third kappa shape index (κ3) is 3.69. The van der Waals surface area contributed by atoms with Gasteiger partial charge in [-0.2, -0.15) is 0 Å². The van der Waals surface area contributed by atoms with Crippen LogP contribution in [0.3, 0.4) is 0 Å². The van der Waals surface area contributed by atoms with Gasteiger partial charge in [0.2, 0.25) is 0 Å². The lowest BCUT2D eigenvalue weighted by Crippen LogP contribution is -2.36. The number of likely N-dealkylation sites (tertiary alicyclic amines) is 1. The first-order chi connectivity index (χ1) is 10.6. The molecule has 122 valence electrons. The summed E-state index contributed by atoms with van der Waals surface area (Å²) in [4.78, 5) is 13.4. The van der Waals surface area contributed by atoms with Crippen LogP contribution < -0.4 is 15.2 Å². The van der Waals surface area contributed by atoms with Crippen molar-refractivity contribution in [3.8, 4) is 11.5 Å². The van der Waals surface area contributed by atoms with Crippen molar-refractivity contribution in [1.82, 2.24) is 4.90 Å². The predicted molar refractivity (Wildman–Crippen MR) is 83.3 cm³/mol. The molecule has 6 heteroatoms. The summed E-state index contributed by atoms with van der Waals surface area (Å²) >= 11 is 0. The van der Waals surface area contributed by atoms with Gasteiger partial charge in [0.25, 0.3) is 0 Å². The minimum Gasteiger partial charge on any atom is -0.493 e. The molecule has 1 aliphatic heterocycles. The summed E-state index contributed by atoms with van der Waals surface area (Å²) in [5.74, 6) is 0.340. The molecule has 0 aromatic heterocycles. The first kappa shape index (κ1) is 16.6. The second-order valence-electron chi connectivity index (χ2n) is 5.55. The number of aliphatic carboxylic acids is 1. The average Bonchev–Trinajstić information content (AvgIpc) is 3.05. The molecule has 0 amide bonds. The van der Waals surface area contributed by atoms with E-state index in [2.05, 4.69) is 4.90 Å². The summed E-state index contributed by atoms with van der Waals surface area (Å²) < 4.78 is 10.6. The monoisotopic (exact) mass is 308 g/mol. The van der Waals surface area contributed by atoms with Crippen LogP contribution in [0.25, 0.3) is 0 Å². The van der Waals surface area contributed by atoms with E-state index >= 15 is 0 Å². The second kappa shape index (κ2) is 7.47. The molecule has 0 radical (unpaired) electrons. The van der Waals surface area contributed by atoms with Crippen LogP contribution in [0.4, 0.5) is 0 Å². The van der Waals surface area contributed by atoms with Gasteiger partial charge in [-0.15, -0.1) is 0 Å². The summed E-state index contributed by atoms with van der Waals surface area (Å²) in [6.07, 6.45) is 2.64. The Bertz CT molecular complexity index is 515. The summed E-state index contributed by atoms with van der Waals surface area (Å²) in [5.41, 5.74) is 6.78. The smallest absolute Gasteiger partial charge is 0.320 e. The van der Waals surface area contributed by atoms with E-state index in [4.69, 9.17) is 20.3 Å². The van der Waals surface area contributed by atoms with E-state index in [9.17, 15) is 4.79 Å². The Hall–Kier alpha value is -1.79. The van der Waals surface area contributed by atoms with E-state index in [1.165, 1.54) is 0 Å². The summed E-state index contributed by atoms with van der Waals surface area (Å²) in [5, 5.41) is 9.12. The summed E-state index contributed by atoms with van der Waals surface area (Å²) in [7, 11) is 3.19. The van der Waals surface area contributed by atoms with Gasteiger partial charge in [-0.1, -0.05) is 6.07 Å². The number of nitrogens with zero attached hydrogens (tertiary/aromatic N) is 1. The van der Waals surface area contributed by atoms with E-state index in [0.29, 0.717) is 17.9 Å². The number of hydrogen-bond acceptors (Lipinski definition) is 5. The number of rotatable bonds is 7. The third-order valence-corrected chi connectivity index (χ3v) is 4.17. The van der Waals surface area contributed by atoms with Crippen LogP contribution in [-0.4, -0.2) is 49.3 Å². The predicted octanol–water partition coefficient (Wildman–Crippen LogP) is 1.64. The number of ether oxygens (including phenoxy) is 2. The topological polar surface area (TPSA) is 85.0 Å².